The predicted molar refractivity (Wildman–Crippen MR) is 122 cm³/mol. The number of anilines is 4. The molecule has 0 aliphatic rings. The molecule has 0 aliphatic carbocycles. The van der Waals surface area contributed by atoms with Gasteiger partial charge >= 0.3 is 6.03 Å². The van der Waals surface area contributed by atoms with Crippen molar-refractivity contribution in [1.29, 1.82) is 0 Å². The van der Waals surface area contributed by atoms with E-state index in [9.17, 15) is 9.90 Å². The Hall–Kier alpha value is -3.65. The molecule has 2 aromatic carbocycles. The molecule has 31 heavy (non-hydrogen) atoms. The van der Waals surface area contributed by atoms with E-state index in [1.54, 1.807) is 57.5 Å². The Morgan fingerprint density at radius 3 is 2.48 bits per heavy atom. The Morgan fingerprint density at radius 1 is 1.13 bits per heavy atom. The van der Waals surface area contributed by atoms with Crippen LogP contribution in [-0.2, 0) is 0 Å². The van der Waals surface area contributed by atoms with Crippen molar-refractivity contribution in [3.63, 3.8) is 0 Å². The minimum Gasteiger partial charge on any atom is -0.497 e. The number of urea groups is 1. The minimum absolute atomic E-state index is 0.258. The number of carbonyl (C=O) groups is 1. The highest BCUT2D eigenvalue weighted by Crippen LogP contribution is 2.28. The van der Waals surface area contributed by atoms with Gasteiger partial charge in [0.2, 0.25) is 5.95 Å². The highest BCUT2D eigenvalue weighted by molar-refractivity contribution is 6.06. The zero-order valence-corrected chi connectivity index (χ0v) is 18.1. The van der Waals surface area contributed by atoms with Crippen molar-refractivity contribution in [2.24, 2.45) is 0 Å². The van der Waals surface area contributed by atoms with Gasteiger partial charge in [0.05, 0.1) is 18.4 Å². The molecule has 3 N–H and O–H groups in total. The lowest BCUT2D eigenvalue weighted by atomic mass is 10.1. The van der Waals surface area contributed by atoms with Crippen LogP contribution in [0.25, 0.3) is 0 Å². The number of methoxy groups -OCH3 is 1. The number of nitrogens with zero attached hydrogens (tertiary/aromatic N) is 3. The Bertz CT molecular complexity index is 1030. The van der Waals surface area contributed by atoms with Crippen molar-refractivity contribution < 1.29 is 14.6 Å². The topological polar surface area (TPSA) is 99.6 Å². The fraction of sp³-hybridized carbons (Fsp3) is 0.261. The first-order valence-corrected chi connectivity index (χ1v) is 9.87. The zero-order chi connectivity index (χ0) is 22.4. The third-order valence-corrected chi connectivity index (χ3v) is 4.47. The zero-order valence-electron chi connectivity index (χ0n) is 18.1. The van der Waals surface area contributed by atoms with Crippen LogP contribution in [0.1, 0.15) is 19.4 Å². The number of nitrogens with one attached hydrogen (secondary N) is 2. The van der Waals surface area contributed by atoms with Crippen LogP contribution in [0.3, 0.4) is 0 Å². The van der Waals surface area contributed by atoms with E-state index >= 15 is 0 Å². The molecule has 0 spiro atoms. The number of benzene rings is 2. The first-order chi connectivity index (χ1) is 14.8. The molecule has 2 amide bonds. The lowest BCUT2D eigenvalue weighted by Crippen LogP contribution is -2.32. The molecule has 0 bridgehead atoms. The fourth-order valence-electron chi connectivity index (χ4n) is 2.82. The van der Waals surface area contributed by atoms with Gasteiger partial charge in [0.25, 0.3) is 0 Å². The van der Waals surface area contributed by atoms with Crippen molar-refractivity contribution in [1.82, 2.24) is 9.97 Å². The summed E-state index contributed by atoms with van der Waals surface area (Å²) in [5.74, 6) is 1.37. The van der Waals surface area contributed by atoms with Crippen LogP contribution < -0.4 is 20.3 Å². The molecule has 8 nitrogen and oxygen atoms in total. The number of aryl methyl sites for hydroxylation is 1. The Kier molecular flexibility index (Phi) is 6.71. The third-order valence-electron chi connectivity index (χ3n) is 4.47. The van der Waals surface area contributed by atoms with Gasteiger partial charge in [-0.15, -0.1) is 0 Å². The van der Waals surface area contributed by atoms with Gasteiger partial charge in [0.15, 0.2) is 0 Å². The molecular weight excluding hydrogens is 394 g/mol. The number of para-hydroxylation sites is 1. The number of aliphatic hydroxyl groups is 1. The van der Waals surface area contributed by atoms with Crippen molar-refractivity contribution >= 4 is 29.2 Å². The van der Waals surface area contributed by atoms with E-state index in [0.717, 1.165) is 5.56 Å². The molecule has 162 valence electrons. The fourth-order valence-corrected chi connectivity index (χ4v) is 2.82. The number of carbonyl (C=O) groups excluding carboxylic acids is 1. The first-order valence-electron chi connectivity index (χ1n) is 9.87. The predicted octanol–water partition coefficient (Wildman–Crippen LogP) is 4.35. The van der Waals surface area contributed by atoms with Crippen LogP contribution >= 0.6 is 0 Å². The maximum atomic E-state index is 13.3. The number of hydrogen-bond acceptors (Lipinski definition) is 6. The molecule has 0 unspecified atom stereocenters. The smallest absolute Gasteiger partial charge is 0.332 e. The second-order valence-corrected chi connectivity index (χ2v) is 7.68. The molecule has 0 aliphatic heterocycles. The van der Waals surface area contributed by atoms with E-state index < -0.39 is 5.60 Å². The normalized spacial score (nSPS) is 11.0. The molecule has 1 heterocycles. The van der Waals surface area contributed by atoms with E-state index in [0.29, 0.717) is 28.9 Å². The van der Waals surface area contributed by atoms with E-state index in [-0.39, 0.29) is 12.6 Å². The number of ether oxygens (including phenoxy) is 1. The summed E-state index contributed by atoms with van der Waals surface area (Å²) >= 11 is 0. The van der Waals surface area contributed by atoms with Gasteiger partial charge in [-0.1, -0.05) is 18.2 Å². The van der Waals surface area contributed by atoms with E-state index in [1.807, 2.05) is 31.2 Å². The highest BCUT2D eigenvalue weighted by Gasteiger charge is 2.21. The SMILES string of the molecule is COc1ccc(N(C(=O)Nc2ccccc2C)c2ccnc(NCC(C)(C)O)n2)cc1. The average molecular weight is 422 g/mol. The molecule has 0 saturated carbocycles. The van der Waals surface area contributed by atoms with Gasteiger partial charge in [-0.05, 0) is 56.7 Å². The summed E-state index contributed by atoms with van der Waals surface area (Å²) in [5, 5.41) is 15.9. The second kappa shape index (κ2) is 9.44. The van der Waals surface area contributed by atoms with Gasteiger partial charge in [-0.25, -0.2) is 14.7 Å². The number of amides is 2. The summed E-state index contributed by atoms with van der Waals surface area (Å²) in [5.41, 5.74) is 1.33. The summed E-state index contributed by atoms with van der Waals surface area (Å²) in [6, 6.07) is 15.9. The summed E-state index contributed by atoms with van der Waals surface area (Å²) in [7, 11) is 1.59. The van der Waals surface area contributed by atoms with Gasteiger partial charge < -0.3 is 20.5 Å². The Morgan fingerprint density at radius 2 is 1.84 bits per heavy atom. The number of aromatic nitrogens is 2. The molecule has 8 heteroatoms. The van der Waals surface area contributed by atoms with E-state index in [4.69, 9.17) is 4.74 Å². The molecular formula is C23H27N5O3. The van der Waals surface area contributed by atoms with Crippen molar-refractivity contribution in [2.45, 2.75) is 26.4 Å². The second-order valence-electron chi connectivity index (χ2n) is 7.68. The van der Waals surface area contributed by atoms with Gasteiger partial charge in [0, 0.05) is 24.5 Å². The molecule has 0 fully saturated rings. The van der Waals surface area contributed by atoms with E-state index in [2.05, 4.69) is 20.6 Å². The molecule has 0 atom stereocenters. The first kappa shape index (κ1) is 22.0. The van der Waals surface area contributed by atoms with Crippen LogP contribution in [0.2, 0.25) is 0 Å². The van der Waals surface area contributed by atoms with Crippen LogP contribution in [-0.4, -0.2) is 40.4 Å². The van der Waals surface area contributed by atoms with Crippen LogP contribution in [0.4, 0.5) is 27.9 Å². The van der Waals surface area contributed by atoms with Gasteiger partial charge in [0.1, 0.15) is 11.6 Å². The maximum Gasteiger partial charge on any atom is 0.332 e. The molecule has 0 radical (unpaired) electrons. The summed E-state index contributed by atoms with van der Waals surface area (Å²) in [6.45, 7) is 5.55. The lowest BCUT2D eigenvalue weighted by Gasteiger charge is -2.24. The molecule has 3 aromatic rings. The van der Waals surface area contributed by atoms with Crippen LogP contribution in [0.5, 0.6) is 5.75 Å². The van der Waals surface area contributed by atoms with Crippen molar-refractivity contribution in [2.75, 3.05) is 29.2 Å². The van der Waals surface area contributed by atoms with Crippen molar-refractivity contribution in [3.8, 4) is 5.75 Å². The third kappa shape index (κ3) is 5.93. The largest absolute Gasteiger partial charge is 0.497 e. The standard InChI is InChI=1S/C23H27N5O3/c1-16-7-5-6-8-19(16)26-22(29)28(17-9-11-18(31-4)12-10-17)20-13-14-24-21(27-20)25-15-23(2,3)30/h5-14,30H,15H2,1-4H3,(H,26,29)(H,24,25,27). The lowest BCUT2D eigenvalue weighted by molar-refractivity contribution is 0.0943. The van der Waals surface area contributed by atoms with Gasteiger partial charge in [-0.2, -0.15) is 4.98 Å². The van der Waals surface area contributed by atoms with E-state index in [1.165, 1.54) is 4.90 Å². The molecule has 1 aromatic heterocycles. The summed E-state index contributed by atoms with van der Waals surface area (Å²) < 4.78 is 5.23. The van der Waals surface area contributed by atoms with Crippen molar-refractivity contribution in [3.05, 3.63) is 66.4 Å². The Balaban J connectivity index is 1.95. The number of hydrogen-bond donors (Lipinski definition) is 3. The highest BCUT2D eigenvalue weighted by atomic mass is 16.5. The summed E-state index contributed by atoms with van der Waals surface area (Å²) in [4.78, 5) is 23.4. The number of rotatable bonds is 7. The molecule has 0 saturated heterocycles. The Labute approximate surface area is 181 Å². The maximum absolute atomic E-state index is 13.3. The minimum atomic E-state index is -0.933. The van der Waals surface area contributed by atoms with Crippen LogP contribution in [0.15, 0.2) is 60.8 Å². The monoisotopic (exact) mass is 421 g/mol. The molecule has 3 rings (SSSR count). The summed E-state index contributed by atoms with van der Waals surface area (Å²) in [6.07, 6.45) is 1.56. The average Bonchev–Trinajstić information content (AvgIpc) is 2.74. The quantitative estimate of drug-likeness (QED) is 0.525. The van der Waals surface area contributed by atoms with Crippen LogP contribution in [0, 0.1) is 6.92 Å². The van der Waals surface area contributed by atoms with Gasteiger partial charge in [-0.3, -0.25) is 0 Å².